The van der Waals surface area contributed by atoms with Crippen molar-refractivity contribution < 1.29 is 9.53 Å². The average Bonchev–Trinajstić information content (AvgIpc) is 3.20. The Hall–Kier alpha value is -1.98. The standard InChI is InChI=1S/C15H9NO2S2/c17-14-10-4-1-7-16-13(10)15(18-14,11-5-2-8-19-11)12-6-3-9-20-12/h1-9H. The molecular weight excluding hydrogens is 290 g/mol. The molecule has 0 saturated carbocycles. The number of hydrogen-bond acceptors (Lipinski definition) is 5. The molecule has 0 fully saturated rings. The number of nitrogens with zero attached hydrogens (tertiary/aromatic N) is 1. The van der Waals surface area contributed by atoms with Crippen molar-refractivity contribution >= 4 is 28.6 Å². The van der Waals surface area contributed by atoms with Crippen LogP contribution in [0.4, 0.5) is 0 Å². The van der Waals surface area contributed by atoms with Gasteiger partial charge in [-0.1, -0.05) is 12.1 Å². The number of ether oxygens (including phenoxy) is 1. The zero-order valence-electron chi connectivity index (χ0n) is 10.3. The van der Waals surface area contributed by atoms with E-state index in [0.717, 1.165) is 9.75 Å². The first kappa shape index (κ1) is 11.8. The number of carbonyl (C=O) groups excluding carboxylic acids is 1. The first-order valence-electron chi connectivity index (χ1n) is 6.09. The first-order chi connectivity index (χ1) is 9.82. The Morgan fingerprint density at radius 1 is 1.00 bits per heavy atom. The van der Waals surface area contributed by atoms with Crippen LogP contribution in [0, 0.1) is 0 Å². The second-order valence-electron chi connectivity index (χ2n) is 4.42. The lowest BCUT2D eigenvalue weighted by atomic mass is 9.94. The molecule has 4 rings (SSSR count). The van der Waals surface area contributed by atoms with E-state index >= 15 is 0 Å². The van der Waals surface area contributed by atoms with Crippen LogP contribution in [-0.4, -0.2) is 11.0 Å². The summed E-state index contributed by atoms with van der Waals surface area (Å²) in [5.74, 6) is -0.310. The molecule has 1 aliphatic rings. The lowest BCUT2D eigenvalue weighted by molar-refractivity contribution is 0.0264. The van der Waals surface area contributed by atoms with Gasteiger partial charge in [-0.2, -0.15) is 0 Å². The highest BCUT2D eigenvalue weighted by molar-refractivity contribution is 7.11. The van der Waals surface area contributed by atoms with E-state index in [1.165, 1.54) is 0 Å². The summed E-state index contributed by atoms with van der Waals surface area (Å²) in [5, 5.41) is 3.97. The third-order valence-electron chi connectivity index (χ3n) is 3.34. The van der Waals surface area contributed by atoms with Crippen LogP contribution in [0.25, 0.3) is 0 Å². The van der Waals surface area contributed by atoms with Crippen molar-refractivity contribution in [1.29, 1.82) is 0 Å². The van der Waals surface area contributed by atoms with Gasteiger partial charge in [0.2, 0.25) is 5.60 Å². The van der Waals surface area contributed by atoms with Crippen molar-refractivity contribution in [1.82, 2.24) is 4.98 Å². The number of aromatic nitrogens is 1. The predicted octanol–water partition coefficient (Wildman–Crippen LogP) is 3.67. The molecule has 0 spiro atoms. The van der Waals surface area contributed by atoms with Crippen molar-refractivity contribution in [2.24, 2.45) is 0 Å². The molecule has 0 atom stereocenters. The molecule has 0 N–H and O–H groups in total. The maximum absolute atomic E-state index is 12.2. The number of thiophene rings is 2. The van der Waals surface area contributed by atoms with Gasteiger partial charge in [0.05, 0.1) is 15.3 Å². The summed E-state index contributed by atoms with van der Waals surface area (Å²) < 4.78 is 5.83. The quantitative estimate of drug-likeness (QED) is 0.678. The van der Waals surface area contributed by atoms with Crippen LogP contribution in [0.15, 0.2) is 53.4 Å². The van der Waals surface area contributed by atoms with Crippen molar-refractivity contribution in [2.45, 2.75) is 5.60 Å². The van der Waals surface area contributed by atoms with Gasteiger partial charge >= 0.3 is 5.97 Å². The van der Waals surface area contributed by atoms with E-state index in [2.05, 4.69) is 4.98 Å². The molecule has 0 unspecified atom stereocenters. The number of cyclic esters (lactones) is 1. The molecule has 5 heteroatoms. The Labute approximate surface area is 123 Å². The zero-order chi connectivity index (χ0) is 13.6. The van der Waals surface area contributed by atoms with Gasteiger partial charge in [0.25, 0.3) is 0 Å². The normalized spacial score (nSPS) is 15.9. The molecule has 0 aromatic carbocycles. The first-order valence-corrected chi connectivity index (χ1v) is 7.85. The van der Waals surface area contributed by atoms with E-state index in [0.29, 0.717) is 11.3 Å². The largest absolute Gasteiger partial charge is 0.437 e. The van der Waals surface area contributed by atoms with Gasteiger partial charge in [-0.05, 0) is 35.0 Å². The molecule has 98 valence electrons. The Kier molecular flexibility index (Phi) is 2.52. The number of esters is 1. The Balaban J connectivity index is 2.07. The van der Waals surface area contributed by atoms with E-state index in [4.69, 9.17) is 4.74 Å². The molecule has 0 aliphatic carbocycles. The highest BCUT2D eigenvalue weighted by Gasteiger charge is 2.51. The van der Waals surface area contributed by atoms with E-state index in [1.807, 2.05) is 35.0 Å². The second-order valence-corrected chi connectivity index (χ2v) is 6.32. The summed E-state index contributed by atoms with van der Waals surface area (Å²) in [6.45, 7) is 0. The summed E-state index contributed by atoms with van der Waals surface area (Å²) in [6.07, 6.45) is 1.71. The molecule has 0 saturated heterocycles. The van der Waals surface area contributed by atoms with Crippen LogP contribution >= 0.6 is 22.7 Å². The Bertz CT molecular complexity index is 729. The van der Waals surface area contributed by atoms with Crippen LogP contribution in [0.2, 0.25) is 0 Å². The van der Waals surface area contributed by atoms with Crippen LogP contribution in [-0.2, 0) is 10.3 Å². The second kappa shape index (κ2) is 4.26. The van der Waals surface area contributed by atoms with Crippen molar-refractivity contribution in [2.75, 3.05) is 0 Å². The molecule has 3 aromatic rings. The van der Waals surface area contributed by atoms with Crippen LogP contribution < -0.4 is 0 Å². The molecule has 3 aromatic heterocycles. The number of pyridine rings is 1. The van der Waals surface area contributed by atoms with Crippen molar-refractivity contribution in [3.05, 3.63) is 74.4 Å². The van der Waals surface area contributed by atoms with Gasteiger partial charge in [-0.25, -0.2) is 4.79 Å². The van der Waals surface area contributed by atoms with Crippen molar-refractivity contribution in [3.63, 3.8) is 0 Å². The molecule has 0 bridgehead atoms. The van der Waals surface area contributed by atoms with Gasteiger partial charge in [-0.15, -0.1) is 22.7 Å². The van der Waals surface area contributed by atoms with E-state index in [-0.39, 0.29) is 5.97 Å². The van der Waals surface area contributed by atoms with Gasteiger partial charge in [0.1, 0.15) is 5.69 Å². The molecule has 0 radical (unpaired) electrons. The SMILES string of the molecule is O=C1OC(c2cccs2)(c2cccs2)c2ncccc21. The minimum atomic E-state index is -0.879. The lowest BCUT2D eigenvalue weighted by Crippen LogP contribution is -2.28. The predicted molar refractivity (Wildman–Crippen MR) is 78.2 cm³/mol. The average molecular weight is 299 g/mol. The fourth-order valence-corrected chi connectivity index (χ4v) is 4.32. The van der Waals surface area contributed by atoms with Gasteiger partial charge in [-0.3, -0.25) is 4.98 Å². The fraction of sp³-hybridized carbons (Fsp3) is 0.0667. The molecule has 20 heavy (non-hydrogen) atoms. The molecule has 4 heterocycles. The van der Waals surface area contributed by atoms with Gasteiger partial charge < -0.3 is 4.74 Å². The van der Waals surface area contributed by atoms with E-state index < -0.39 is 5.60 Å². The monoisotopic (exact) mass is 299 g/mol. The minimum absolute atomic E-state index is 0.310. The molecule has 3 nitrogen and oxygen atoms in total. The smallest absolute Gasteiger partial charge is 0.341 e. The van der Waals surface area contributed by atoms with Crippen LogP contribution in [0.1, 0.15) is 25.8 Å². The third kappa shape index (κ3) is 1.44. The molecular formula is C15H9NO2S2. The maximum Gasteiger partial charge on any atom is 0.341 e. The summed E-state index contributed by atoms with van der Waals surface area (Å²) in [4.78, 5) is 18.6. The zero-order valence-corrected chi connectivity index (χ0v) is 11.9. The Morgan fingerprint density at radius 2 is 1.70 bits per heavy atom. The van der Waals surface area contributed by atoms with Crippen LogP contribution in [0.5, 0.6) is 0 Å². The lowest BCUT2D eigenvalue weighted by Gasteiger charge is -2.25. The van der Waals surface area contributed by atoms with E-state index in [9.17, 15) is 4.79 Å². The number of rotatable bonds is 2. The third-order valence-corrected chi connectivity index (χ3v) is 5.28. The summed E-state index contributed by atoms with van der Waals surface area (Å²) in [5.41, 5.74) is 0.361. The molecule has 0 amide bonds. The summed E-state index contributed by atoms with van der Waals surface area (Å²) in [7, 11) is 0. The summed E-state index contributed by atoms with van der Waals surface area (Å²) >= 11 is 3.14. The van der Waals surface area contributed by atoms with Gasteiger partial charge in [0, 0.05) is 6.20 Å². The topological polar surface area (TPSA) is 39.2 Å². The highest BCUT2D eigenvalue weighted by atomic mass is 32.1. The minimum Gasteiger partial charge on any atom is -0.437 e. The fourth-order valence-electron chi connectivity index (χ4n) is 2.51. The number of carbonyl (C=O) groups is 1. The maximum atomic E-state index is 12.2. The Morgan fingerprint density at radius 3 is 2.30 bits per heavy atom. The van der Waals surface area contributed by atoms with Crippen molar-refractivity contribution in [3.8, 4) is 0 Å². The van der Waals surface area contributed by atoms with Gasteiger partial charge in [0.15, 0.2) is 0 Å². The van der Waals surface area contributed by atoms with Crippen LogP contribution in [0.3, 0.4) is 0 Å². The number of hydrogen-bond donors (Lipinski definition) is 0. The summed E-state index contributed by atoms with van der Waals surface area (Å²) in [6, 6.07) is 11.4. The molecule has 1 aliphatic heterocycles. The number of fused-ring (bicyclic) bond motifs is 1. The highest BCUT2D eigenvalue weighted by Crippen LogP contribution is 2.48. The van der Waals surface area contributed by atoms with E-state index in [1.54, 1.807) is 41.0 Å².